The van der Waals surface area contributed by atoms with E-state index in [1.807, 2.05) is 112 Å². The van der Waals surface area contributed by atoms with E-state index in [-0.39, 0.29) is 11.6 Å². The third-order valence-electron chi connectivity index (χ3n) is 7.22. The third kappa shape index (κ3) is 9.24. The van der Waals surface area contributed by atoms with E-state index >= 15 is 0 Å². The number of thioether (sulfide) groups is 1. The molecule has 1 unspecified atom stereocenters. The highest BCUT2D eigenvalue weighted by atomic mass is 32.2. The van der Waals surface area contributed by atoms with E-state index in [4.69, 9.17) is 4.74 Å². The molecular weight excluding hydrogens is 619 g/mol. The van der Waals surface area contributed by atoms with Crippen molar-refractivity contribution in [3.63, 3.8) is 0 Å². The summed E-state index contributed by atoms with van der Waals surface area (Å²) in [5.41, 5.74) is 5.32. The molecule has 0 radical (unpaired) electrons. The molecule has 0 fully saturated rings. The maximum atomic E-state index is 13.8. The SMILES string of the molecule is CCOc1ccccc1/C=C(/NC(=O)c1ccccc1)C(=O)Nc1cccc(SC(C(=O)Nc2cc(C)cc(C)c2)c2ccccc2)c1. The van der Waals surface area contributed by atoms with Crippen LogP contribution in [0.25, 0.3) is 6.08 Å². The molecular formula is C40H37N3O4S. The van der Waals surface area contributed by atoms with E-state index in [1.54, 1.807) is 36.4 Å². The Morgan fingerprint density at radius 1 is 0.729 bits per heavy atom. The number of anilines is 2. The van der Waals surface area contributed by atoms with Crippen molar-refractivity contribution in [1.82, 2.24) is 5.32 Å². The zero-order valence-corrected chi connectivity index (χ0v) is 27.8. The number of carbonyl (C=O) groups excluding carboxylic acids is 3. The highest BCUT2D eigenvalue weighted by molar-refractivity contribution is 8.00. The summed E-state index contributed by atoms with van der Waals surface area (Å²) in [6.45, 7) is 6.32. The number of carbonyl (C=O) groups is 3. The van der Waals surface area contributed by atoms with Crippen molar-refractivity contribution in [1.29, 1.82) is 0 Å². The number of rotatable bonds is 12. The van der Waals surface area contributed by atoms with Crippen LogP contribution in [0.1, 0.15) is 44.8 Å². The number of amides is 3. The van der Waals surface area contributed by atoms with E-state index in [9.17, 15) is 14.4 Å². The molecule has 0 aliphatic rings. The second kappa shape index (κ2) is 16.3. The Bertz CT molecular complexity index is 1910. The highest BCUT2D eigenvalue weighted by Crippen LogP contribution is 2.37. The summed E-state index contributed by atoms with van der Waals surface area (Å²) in [5, 5.41) is 8.23. The van der Waals surface area contributed by atoms with E-state index in [1.165, 1.54) is 11.8 Å². The van der Waals surface area contributed by atoms with Crippen LogP contribution < -0.4 is 20.7 Å². The summed E-state index contributed by atoms with van der Waals surface area (Å²) in [5.74, 6) is -0.508. The summed E-state index contributed by atoms with van der Waals surface area (Å²) in [6, 6.07) is 38.8. The smallest absolute Gasteiger partial charge is 0.272 e. The first-order chi connectivity index (χ1) is 23.3. The fourth-order valence-electron chi connectivity index (χ4n) is 5.12. The van der Waals surface area contributed by atoms with Gasteiger partial charge in [-0.15, -0.1) is 11.8 Å². The Kier molecular flexibility index (Phi) is 11.5. The van der Waals surface area contributed by atoms with Gasteiger partial charge in [0, 0.05) is 27.4 Å². The molecule has 5 rings (SSSR count). The van der Waals surface area contributed by atoms with Crippen LogP contribution >= 0.6 is 11.8 Å². The van der Waals surface area contributed by atoms with Crippen molar-refractivity contribution < 1.29 is 19.1 Å². The number of hydrogen-bond donors (Lipinski definition) is 3. The van der Waals surface area contributed by atoms with Crippen molar-refractivity contribution in [3.8, 4) is 5.75 Å². The fourth-order valence-corrected chi connectivity index (χ4v) is 6.21. The van der Waals surface area contributed by atoms with E-state index < -0.39 is 17.1 Å². The van der Waals surface area contributed by atoms with Crippen molar-refractivity contribution in [2.24, 2.45) is 0 Å². The molecule has 0 spiro atoms. The van der Waals surface area contributed by atoms with Crippen LogP contribution in [0.5, 0.6) is 5.75 Å². The number of ether oxygens (including phenoxy) is 1. The summed E-state index contributed by atoms with van der Waals surface area (Å²) < 4.78 is 5.76. The van der Waals surface area contributed by atoms with Gasteiger partial charge < -0.3 is 20.7 Å². The molecule has 5 aromatic rings. The largest absolute Gasteiger partial charge is 0.493 e. The van der Waals surface area contributed by atoms with Crippen LogP contribution in [0.2, 0.25) is 0 Å². The summed E-state index contributed by atoms with van der Waals surface area (Å²) in [7, 11) is 0. The Morgan fingerprint density at radius 2 is 1.40 bits per heavy atom. The van der Waals surface area contributed by atoms with Gasteiger partial charge in [0.05, 0.1) is 6.61 Å². The van der Waals surface area contributed by atoms with Gasteiger partial charge in [-0.25, -0.2) is 0 Å². The van der Waals surface area contributed by atoms with Gasteiger partial charge in [-0.1, -0.05) is 78.9 Å². The maximum absolute atomic E-state index is 13.8. The lowest BCUT2D eigenvalue weighted by molar-refractivity contribution is -0.116. The average molecular weight is 656 g/mol. The molecule has 0 bridgehead atoms. The second-order valence-corrected chi connectivity index (χ2v) is 12.3. The molecule has 8 heteroatoms. The number of nitrogens with one attached hydrogen (secondary N) is 3. The monoisotopic (exact) mass is 655 g/mol. The molecule has 0 saturated carbocycles. The molecule has 242 valence electrons. The molecule has 1 atom stereocenters. The van der Waals surface area contributed by atoms with Crippen LogP contribution in [-0.4, -0.2) is 24.3 Å². The number of para-hydroxylation sites is 1. The van der Waals surface area contributed by atoms with E-state index in [0.29, 0.717) is 29.2 Å². The predicted molar refractivity (Wildman–Crippen MR) is 194 cm³/mol. The topological polar surface area (TPSA) is 96.5 Å². The predicted octanol–water partition coefficient (Wildman–Crippen LogP) is 8.58. The van der Waals surface area contributed by atoms with Gasteiger partial charge in [0.25, 0.3) is 11.8 Å². The minimum absolute atomic E-state index is 0.0454. The van der Waals surface area contributed by atoms with Crippen LogP contribution in [0, 0.1) is 13.8 Å². The molecule has 5 aromatic carbocycles. The number of hydrogen-bond acceptors (Lipinski definition) is 5. The molecule has 0 aliphatic carbocycles. The molecule has 7 nitrogen and oxygen atoms in total. The Morgan fingerprint density at radius 3 is 2.10 bits per heavy atom. The van der Waals surface area contributed by atoms with Crippen molar-refractivity contribution in [3.05, 3.63) is 161 Å². The first-order valence-corrected chi connectivity index (χ1v) is 16.5. The van der Waals surface area contributed by atoms with Gasteiger partial charge in [0.2, 0.25) is 5.91 Å². The molecule has 0 saturated heterocycles. The van der Waals surface area contributed by atoms with E-state index in [2.05, 4.69) is 22.0 Å². The summed E-state index contributed by atoms with van der Waals surface area (Å²) >= 11 is 1.38. The maximum Gasteiger partial charge on any atom is 0.272 e. The molecule has 0 aliphatic heterocycles. The first-order valence-electron chi connectivity index (χ1n) is 15.6. The van der Waals surface area contributed by atoms with Crippen molar-refractivity contribution >= 4 is 46.9 Å². The third-order valence-corrected chi connectivity index (χ3v) is 8.47. The normalized spacial score (nSPS) is 11.7. The van der Waals surface area contributed by atoms with Crippen LogP contribution in [0.4, 0.5) is 11.4 Å². The molecule has 3 amide bonds. The minimum atomic E-state index is -0.561. The lowest BCUT2D eigenvalue weighted by Crippen LogP contribution is -2.30. The van der Waals surface area contributed by atoms with Gasteiger partial charge in [-0.05, 0) is 92.1 Å². The quantitative estimate of drug-likeness (QED) is 0.0924. The van der Waals surface area contributed by atoms with Crippen LogP contribution in [0.3, 0.4) is 0 Å². The van der Waals surface area contributed by atoms with Crippen molar-refractivity contribution in [2.75, 3.05) is 17.2 Å². The Labute approximate surface area is 285 Å². The Balaban J connectivity index is 1.40. The first kappa shape index (κ1) is 33.8. The zero-order valence-electron chi connectivity index (χ0n) is 27.0. The molecule has 0 aromatic heterocycles. The molecule has 0 heterocycles. The van der Waals surface area contributed by atoms with Gasteiger partial charge in [0.1, 0.15) is 16.7 Å². The lowest BCUT2D eigenvalue weighted by Gasteiger charge is -2.18. The minimum Gasteiger partial charge on any atom is -0.493 e. The zero-order chi connectivity index (χ0) is 33.9. The lowest BCUT2D eigenvalue weighted by atomic mass is 10.1. The highest BCUT2D eigenvalue weighted by Gasteiger charge is 2.23. The molecule has 3 N–H and O–H groups in total. The van der Waals surface area contributed by atoms with Gasteiger partial charge in [0.15, 0.2) is 0 Å². The fraction of sp³-hybridized carbons (Fsp3) is 0.125. The summed E-state index contributed by atoms with van der Waals surface area (Å²) in [6.07, 6.45) is 1.60. The number of benzene rings is 5. The van der Waals surface area contributed by atoms with Gasteiger partial charge >= 0.3 is 0 Å². The Hall–Kier alpha value is -5.60. The number of aryl methyl sites for hydroxylation is 2. The average Bonchev–Trinajstić information content (AvgIpc) is 3.08. The van der Waals surface area contributed by atoms with Crippen LogP contribution in [0.15, 0.2) is 138 Å². The van der Waals surface area contributed by atoms with Gasteiger partial charge in [-0.3, -0.25) is 14.4 Å². The second-order valence-electron chi connectivity index (χ2n) is 11.1. The van der Waals surface area contributed by atoms with E-state index in [0.717, 1.165) is 27.3 Å². The summed E-state index contributed by atoms with van der Waals surface area (Å²) in [4.78, 5) is 41.4. The van der Waals surface area contributed by atoms with Gasteiger partial charge in [-0.2, -0.15) is 0 Å². The van der Waals surface area contributed by atoms with Crippen LogP contribution in [-0.2, 0) is 9.59 Å². The van der Waals surface area contributed by atoms with Crippen molar-refractivity contribution in [2.45, 2.75) is 30.9 Å². The standard InChI is InChI=1S/C40H37N3O4S/c1-4-47-36-21-12-11-18-31(36)25-35(43-38(44)30-16-9-6-10-17-30)39(45)41-32-19-13-20-34(26-32)48-37(29-14-7-5-8-15-29)40(46)42-33-23-27(2)22-28(3)24-33/h5-26,37H,4H2,1-3H3,(H,41,45)(H,42,46)(H,43,44)/b35-25+. The molecule has 48 heavy (non-hydrogen) atoms.